The van der Waals surface area contributed by atoms with E-state index < -0.39 is 72.1 Å². The first-order valence-electron chi connectivity index (χ1n) is 27.0. The zero-order valence-electron chi connectivity index (χ0n) is 44.3. The fraction of sp³-hybridized carbons (Fsp3) is 0.661. The molecule has 7 rings (SSSR count). The lowest BCUT2D eigenvalue weighted by Crippen LogP contribution is -2.53. The Morgan fingerprint density at radius 3 is 2.31 bits per heavy atom. The van der Waals surface area contributed by atoms with Crippen LogP contribution in [0.5, 0.6) is 0 Å². The number of nitrogens with one attached hydrogen (secondary N) is 1. The zero-order chi connectivity index (χ0) is 51.1. The number of aliphatic hydroxyl groups excluding tert-OH is 1. The third kappa shape index (κ3) is 13.8. The van der Waals surface area contributed by atoms with Crippen molar-refractivity contribution in [2.75, 3.05) is 13.7 Å². The quantitative estimate of drug-likeness (QED) is 0.0702. The molecule has 0 spiro atoms. The van der Waals surface area contributed by atoms with Gasteiger partial charge in [-0.05, 0) is 126 Å². The molecule has 3 aliphatic carbocycles. The van der Waals surface area contributed by atoms with Crippen LogP contribution >= 0.6 is 0 Å². The zero-order valence-corrected chi connectivity index (χ0v) is 44.3. The molecule has 71 heavy (non-hydrogen) atoms. The molecular formula is C59H84N2O10. The lowest BCUT2D eigenvalue weighted by atomic mass is 9.52. The number of allylic oxidation sites excluding steroid dienone is 1. The average Bonchev–Trinajstić information content (AvgIpc) is 3.81. The largest absolute Gasteiger partial charge is 0.460 e. The van der Waals surface area contributed by atoms with Crippen molar-refractivity contribution in [3.05, 3.63) is 88.5 Å². The van der Waals surface area contributed by atoms with Crippen molar-refractivity contribution in [1.29, 1.82) is 0 Å². The smallest absolute Gasteiger partial charge is 0.338 e. The molecule has 390 valence electrons. The Bertz CT molecular complexity index is 2220. The van der Waals surface area contributed by atoms with Crippen LogP contribution in [0.15, 0.2) is 71.8 Å². The summed E-state index contributed by atoms with van der Waals surface area (Å²) >= 11 is 0. The lowest BCUT2D eigenvalue weighted by molar-refractivity contribution is -0.190. The first-order chi connectivity index (χ1) is 33.8. The van der Waals surface area contributed by atoms with Gasteiger partial charge in [0.05, 0.1) is 29.9 Å². The van der Waals surface area contributed by atoms with Gasteiger partial charge in [0.25, 0.3) is 0 Å². The number of carbonyl (C=O) groups excluding carboxylic acids is 4. The van der Waals surface area contributed by atoms with Crippen LogP contribution in [-0.4, -0.2) is 101 Å². The number of likely N-dealkylation sites (N-methyl/N-ethyl adjacent to an activating group) is 1. The summed E-state index contributed by atoms with van der Waals surface area (Å²) < 4.78 is 32.1. The number of benzene rings is 2. The van der Waals surface area contributed by atoms with E-state index >= 15 is 0 Å². The van der Waals surface area contributed by atoms with Gasteiger partial charge in [-0.3, -0.25) is 14.4 Å². The highest BCUT2D eigenvalue weighted by Crippen LogP contribution is 2.60. The molecule has 9 unspecified atom stereocenters. The molecule has 2 heterocycles. The summed E-state index contributed by atoms with van der Waals surface area (Å²) in [6.07, 6.45) is 15.2. The highest BCUT2D eigenvalue weighted by Gasteiger charge is 2.56. The topological polar surface area (TPSA) is 153 Å². The third-order valence-electron chi connectivity index (χ3n) is 15.9. The summed E-state index contributed by atoms with van der Waals surface area (Å²) in [6, 6.07) is 15.4. The minimum atomic E-state index is -0.996. The number of epoxide rings is 1. The van der Waals surface area contributed by atoms with Crippen LogP contribution in [0, 0.1) is 17.3 Å². The summed E-state index contributed by atoms with van der Waals surface area (Å²) in [7, 11) is 1.60. The van der Waals surface area contributed by atoms with Crippen LogP contribution in [0.1, 0.15) is 180 Å². The van der Waals surface area contributed by atoms with E-state index in [1.165, 1.54) is 10.5 Å². The van der Waals surface area contributed by atoms with Crippen LogP contribution in [0.4, 0.5) is 0 Å². The fourth-order valence-electron chi connectivity index (χ4n) is 11.8. The number of rotatable bonds is 21. The van der Waals surface area contributed by atoms with Crippen molar-refractivity contribution in [3.63, 3.8) is 0 Å². The van der Waals surface area contributed by atoms with Crippen LogP contribution in [0.3, 0.4) is 0 Å². The standard InChI is InChI=1S/C59H84N2O10/c1-10-12-17-29-59(30-18-13-11-2)68-49-36-43(54(65)61(9)47(34-39-20-15-14-16-21-39)53(64)60-44(38-62)25-27-51(63)70-56(3,4)5)35-48(52(49)71-59)67-55(66)42-23-19-22-40(33-42)32-41-24-26-50-58(8,69-50)31-28-46-45(41)37-57(46,6)7/h14-16,19-23,32-33,36,44-50,52,62H,10-13,17-18,24-31,34-35,37-38H2,1-9H3,(H,60,64). The van der Waals surface area contributed by atoms with Gasteiger partial charge in [0, 0.05) is 44.7 Å². The second kappa shape index (κ2) is 23.2. The predicted octanol–water partition coefficient (Wildman–Crippen LogP) is 10.6. The van der Waals surface area contributed by atoms with Crippen molar-refractivity contribution in [3.8, 4) is 0 Å². The van der Waals surface area contributed by atoms with Gasteiger partial charge in [-0.1, -0.05) is 107 Å². The molecule has 2 saturated heterocycles. The summed E-state index contributed by atoms with van der Waals surface area (Å²) in [5.41, 5.74) is 3.60. The molecule has 2 amide bonds. The molecular weight excluding hydrogens is 897 g/mol. The second-order valence-electron chi connectivity index (χ2n) is 23.2. The number of nitrogens with zero attached hydrogens (tertiary/aromatic N) is 1. The van der Waals surface area contributed by atoms with E-state index in [0.717, 1.165) is 81.8 Å². The Balaban J connectivity index is 1.14. The molecule has 2 aromatic rings. The number of aliphatic hydroxyl groups is 1. The monoisotopic (exact) mass is 981 g/mol. The Hall–Kier alpha value is -4.36. The van der Waals surface area contributed by atoms with Crippen molar-refractivity contribution in [2.45, 2.75) is 218 Å². The maximum atomic E-state index is 15.0. The molecule has 0 radical (unpaired) electrons. The van der Waals surface area contributed by atoms with Crippen molar-refractivity contribution in [2.24, 2.45) is 17.3 Å². The van der Waals surface area contributed by atoms with Gasteiger partial charge in [0.2, 0.25) is 11.8 Å². The van der Waals surface area contributed by atoms with Crippen LogP contribution < -0.4 is 5.32 Å². The van der Waals surface area contributed by atoms with E-state index in [4.69, 9.17) is 23.7 Å². The fourth-order valence-corrected chi connectivity index (χ4v) is 11.8. The van der Waals surface area contributed by atoms with E-state index in [1.54, 1.807) is 33.9 Å². The maximum absolute atomic E-state index is 15.0. The molecule has 12 nitrogen and oxygen atoms in total. The van der Waals surface area contributed by atoms with E-state index in [0.29, 0.717) is 41.9 Å². The van der Waals surface area contributed by atoms with Gasteiger partial charge in [-0.25, -0.2) is 4.79 Å². The highest BCUT2D eigenvalue weighted by molar-refractivity contribution is 5.97. The molecule has 2 aliphatic heterocycles. The van der Waals surface area contributed by atoms with E-state index in [-0.39, 0.29) is 36.7 Å². The molecule has 9 atom stereocenters. The highest BCUT2D eigenvalue weighted by atomic mass is 16.8. The Labute approximate surface area is 424 Å². The molecule has 2 saturated carbocycles. The number of amides is 2. The third-order valence-corrected chi connectivity index (χ3v) is 15.9. The molecule has 2 aromatic carbocycles. The lowest BCUT2D eigenvalue weighted by Gasteiger charge is -2.53. The molecule has 5 aliphatic rings. The number of hydrogen-bond donors (Lipinski definition) is 2. The summed E-state index contributed by atoms with van der Waals surface area (Å²) in [4.78, 5) is 57.8. The molecule has 4 fully saturated rings. The number of fused-ring (bicyclic) bond motifs is 3. The van der Waals surface area contributed by atoms with Crippen LogP contribution in [-0.2, 0) is 44.5 Å². The summed E-state index contributed by atoms with van der Waals surface area (Å²) in [5.74, 6) is -1.63. The number of esters is 2. The van der Waals surface area contributed by atoms with Gasteiger partial charge < -0.3 is 39.0 Å². The molecule has 0 bridgehead atoms. The second-order valence-corrected chi connectivity index (χ2v) is 23.2. The minimum Gasteiger partial charge on any atom is -0.460 e. The van der Waals surface area contributed by atoms with Gasteiger partial charge in [-0.15, -0.1) is 0 Å². The van der Waals surface area contributed by atoms with Crippen LogP contribution in [0.2, 0.25) is 0 Å². The first kappa shape index (κ1) is 54.4. The normalized spacial score (nSPS) is 27.7. The van der Waals surface area contributed by atoms with Gasteiger partial charge in [0.15, 0.2) is 5.79 Å². The molecule has 0 aromatic heterocycles. The maximum Gasteiger partial charge on any atom is 0.338 e. The Morgan fingerprint density at radius 1 is 0.930 bits per heavy atom. The van der Waals surface area contributed by atoms with E-state index in [1.807, 2.05) is 48.5 Å². The van der Waals surface area contributed by atoms with Gasteiger partial charge in [-0.2, -0.15) is 0 Å². The molecule has 2 N–H and O–H groups in total. The Kier molecular flexibility index (Phi) is 17.8. The van der Waals surface area contributed by atoms with Crippen molar-refractivity contribution >= 4 is 29.8 Å². The first-order valence-corrected chi connectivity index (χ1v) is 27.0. The van der Waals surface area contributed by atoms with E-state index in [2.05, 4.69) is 52.1 Å². The summed E-state index contributed by atoms with van der Waals surface area (Å²) in [5, 5.41) is 13.3. The van der Waals surface area contributed by atoms with Crippen molar-refractivity contribution < 1.29 is 48.0 Å². The summed E-state index contributed by atoms with van der Waals surface area (Å²) in [6.45, 7) is 16.3. The SMILES string of the molecule is CCCCCC1(CCCCC)OC2C=C(C(=O)N(C)C(Cc3ccccc3)C(=O)NC(CO)CCC(=O)OC(C)(C)C)CC(OC(=O)c3cccc(C=C4CCC5OC5(C)CCC5C4CC5(C)C)c3)C2O1. The Morgan fingerprint density at radius 2 is 1.65 bits per heavy atom. The van der Waals surface area contributed by atoms with Gasteiger partial charge in [0.1, 0.15) is 30.0 Å². The van der Waals surface area contributed by atoms with Crippen molar-refractivity contribution in [1.82, 2.24) is 10.2 Å². The van der Waals surface area contributed by atoms with E-state index in [9.17, 15) is 24.3 Å². The average molecular weight is 981 g/mol. The van der Waals surface area contributed by atoms with Gasteiger partial charge >= 0.3 is 11.9 Å². The number of ether oxygens (including phenoxy) is 5. The predicted molar refractivity (Wildman–Crippen MR) is 275 cm³/mol. The number of unbranched alkanes of at least 4 members (excludes halogenated alkanes) is 4. The van der Waals surface area contributed by atoms with Crippen LogP contribution in [0.25, 0.3) is 6.08 Å². The number of carbonyl (C=O) groups is 4. The molecule has 12 heteroatoms. The number of hydrogen-bond acceptors (Lipinski definition) is 10. The minimum absolute atomic E-state index is 0.00468.